The first kappa shape index (κ1) is 17.3. The van der Waals surface area contributed by atoms with E-state index in [1.165, 1.54) is 12.1 Å². The molecule has 2 amide bonds. The Morgan fingerprint density at radius 3 is 2.88 bits per heavy atom. The number of carbonyl (C=O) groups is 1. The zero-order valence-corrected chi connectivity index (χ0v) is 13.8. The number of nitro benzene ring substituents is 1. The predicted octanol–water partition coefficient (Wildman–Crippen LogP) is 3.01. The van der Waals surface area contributed by atoms with Crippen LogP contribution in [0.15, 0.2) is 47.2 Å². The lowest BCUT2D eigenvalue weighted by Crippen LogP contribution is -2.28. The molecule has 0 saturated heterocycles. The molecule has 26 heavy (non-hydrogen) atoms. The number of amides is 2. The average molecular weight is 375 g/mol. The van der Waals surface area contributed by atoms with Crippen LogP contribution in [0.25, 0.3) is 11.4 Å². The van der Waals surface area contributed by atoms with Crippen molar-refractivity contribution >= 4 is 29.0 Å². The number of anilines is 1. The molecule has 0 aliphatic heterocycles. The lowest BCUT2D eigenvalue weighted by molar-refractivity contribution is -0.384. The van der Waals surface area contributed by atoms with Gasteiger partial charge in [0, 0.05) is 30.1 Å². The Labute approximate surface area is 151 Å². The van der Waals surface area contributed by atoms with E-state index < -0.39 is 11.0 Å². The van der Waals surface area contributed by atoms with E-state index in [1.807, 2.05) is 0 Å². The summed E-state index contributed by atoms with van der Waals surface area (Å²) < 4.78 is 5.05. The van der Waals surface area contributed by atoms with Crippen LogP contribution in [0.2, 0.25) is 5.02 Å². The second-order valence-corrected chi connectivity index (χ2v) is 5.39. The number of urea groups is 1. The summed E-state index contributed by atoms with van der Waals surface area (Å²) in [7, 11) is 0. The van der Waals surface area contributed by atoms with E-state index in [2.05, 4.69) is 25.8 Å². The third-order valence-electron chi connectivity index (χ3n) is 3.20. The van der Waals surface area contributed by atoms with Gasteiger partial charge in [0.25, 0.3) is 5.69 Å². The predicted molar refractivity (Wildman–Crippen MR) is 91.5 cm³/mol. The van der Waals surface area contributed by atoms with Crippen molar-refractivity contribution in [3.8, 4) is 11.4 Å². The van der Waals surface area contributed by atoms with Gasteiger partial charge in [0.2, 0.25) is 11.7 Å². The Morgan fingerprint density at radius 2 is 2.19 bits per heavy atom. The summed E-state index contributed by atoms with van der Waals surface area (Å²) in [6.07, 6.45) is 3.21. The third kappa shape index (κ3) is 4.11. The molecule has 2 heterocycles. The van der Waals surface area contributed by atoms with Crippen LogP contribution in [0.1, 0.15) is 5.89 Å². The van der Waals surface area contributed by atoms with Crippen LogP contribution >= 0.6 is 11.6 Å². The summed E-state index contributed by atoms with van der Waals surface area (Å²) in [5, 5.41) is 19.5. The van der Waals surface area contributed by atoms with Crippen LogP contribution in [-0.4, -0.2) is 26.1 Å². The molecular weight excluding hydrogens is 364 g/mol. The number of nitrogens with one attached hydrogen (secondary N) is 2. The molecule has 0 spiro atoms. The normalized spacial score (nSPS) is 10.3. The van der Waals surface area contributed by atoms with Gasteiger partial charge in [0.15, 0.2) is 0 Å². The molecule has 2 N–H and O–H groups in total. The minimum absolute atomic E-state index is 0.0102. The molecule has 0 unspecified atom stereocenters. The molecule has 10 nitrogen and oxygen atoms in total. The number of pyridine rings is 1. The standard InChI is InChI=1S/C15H11ClN6O4/c16-11-6-10(22(24)25)3-4-12(11)19-15(23)18-8-13-20-14(21-26-13)9-2-1-5-17-7-9/h1-7H,8H2,(H2,18,19,23). The van der Waals surface area contributed by atoms with Crippen molar-refractivity contribution < 1.29 is 14.2 Å². The van der Waals surface area contributed by atoms with Crippen LogP contribution in [0, 0.1) is 10.1 Å². The molecule has 3 rings (SSSR count). The van der Waals surface area contributed by atoms with Gasteiger partial charge in [-0.1, -0.05) is 16.8 Å². The molecule has 0 radical (unpaired) electrons. The van der Waals surface area contributed by atoms with Crippen molar-refractivity contribution in [2.75, 3.05) is 5.32 Å². The maximum absolute atomic E-state index is 11.9. The number of aromatic nitrogens is 3. The first-order chi connectivity index (χ1) is 12.5. The molecule has 0 aliphatic carbocycles. The Balaban J connectivity index is 1.58. The zero-order valence-electron chi connectivity index (χ0n) is 13.0. The zero-order chi connectivity index (χ0) is 18.5. The van der Waals surface area contributed by atoms with Gasteiger partial charge in [0.05, 0.1) is 22.2 Å². The molecule has 0 atom stereocenters. The fourth-order valence-corrected chi connectivity index (χ4v) is 2.20. The summed E-state index contributed by atoms with van der Waals surface area (Å²) in [5.41, 5.74) is 0.746. The molecule has 2 aromatic heterocycles. The lowest BCUT2D eigenvalue weighted by atomic mass is 10.3. The van der Waals surface area contributed by atoms with Gasteiger partial charge in [-0.15, -0.1) is 0 Å². The van der Waals surface area contributed by atoms with Crippen molar-refractivity contribution in [2.24, 2.45) is 0 Å². The molecular formula is C15H11ClN6O4. The van der Waals surface area contributed by atoms with Crippen LogP contribution in [0.4, 0.5) is 16.2 Å². The molecule has 1 aromatic carbocycles. The van der Waals surface area contributed by atoms with E-state index in [0.29, 0.717) is 11.4 Å². The summed E-state index contributed by atoms with van der Waals surface area (Å²) in [4.78, 5) is 30.1. The molecule has 0 fully saturated rings. The first-order valence-electron chi connectivity index (χ1n) is 7.24. The van der Waals surface area contributed by atoms with Crippen molar-refractivity contribution in [1.29, 1.82) is 0 Å². The Bertz CT molecular complexity index is 946. The van der Waals surface area contributed by atoms with Gasteiger partial charge in [0.1, 0.15) is 0 Å². The second-order valence-electron chi connectivity index (χ2n) is 4.98. The number of hydrogen-bond donors (Lipinski definition) is 2. The monoisotopic (exact) mass is 374 g/mol. The summed E-state index contributed by atoms with van der Waals surface area (Å²) >= 11 is 5.91. The third-order valence-corrected chi connectivity index (χ3v) is 3.51. The summed E-state index contributed by atoms with van der Waals surface area (Å²) in [5.74, 6) is 0.558. The molecule has 0 saturated carbocycles. The number of carbonyl (C=O) groups excluding carboxylic acids is 1. The molecule has 132 valence electrons. The highest BCUT2D eigenvalue weighted by Crippen LogP contribution is 2.26. The average Bonchev–Trinajstić information content (AvgIpc) is 3.11. The number of benzene rings is 1. The van der Waals surface area contributed by atoms with Gasteiger partial charge < -0.3 is 15.2 Å². The number of halogens is 1. The van der Waals surface area contributed by atoms with Gasteiger partial charge in [-0.2, -0.15) is 4.98 Å². The van der Waals surface area contributed by atoms with E-state index in [0.717, 1.165) is 6.07 Å². The quantitative estimate of drug-likeness (QED) is 0.517. The fraction of sp³-hybridized carbons (Fsp3) is 0.0667. The number of hydrogen-bond acceptors (Lipinski definition) is 7. The van der Waals surface area contributed by atoms with Crippen LogP contribution in [0.3, 0.4) is 0 Å². The maximum Gasteiger partial charge on any atom is 0.319 e. The minimum Gasteiger partial charge on any atom is -0.337 e. The van der Waals surface area contributed by atoms with E-state index in [9.17, 15) is 14.9 Å². The molecule has 0 aliphatic rings. The lowest BCUT2D eigenvalue weighted by Gasteiger charge is -2.07. The Hall–Kier alpha value is -3.53. The molecule has 11 heteroatoms. The topological polar surface area (TPSA) is 136 Å². The van der Waals surface area contributed by atoms with Crippen molar-refractivity contribution in [1.82, 2.24) is 20.4 Å². The molecule has 3 aromatic rings. The van der Waals surface area contributed by atoms with Crippen molar-refractivity contribution in [2.45, 2.75) is 6.54 Å². The minimum atomic E-state index is -0.582. The smallest absolute Gasteiger partial charge is 0.319 e. The Kier molecular flexibility index (Phi) is 5.04. The van der Waals surface area contributed by atoms with Crippen molar-refractivity contribution in [3.05, 3.63) is 63.8 Å². The highest BCUT2D eigenvalue weighted by Gasteiger charge is 2.13. The summed E-state index contributed by atoms with van der Waals surface area (Å²) in [6, 6.07) is 6.66. The largest absolute Gasteiger partial charge is 0.337 e. The van der Waals surface area contributed by atoms with E-state index in [-0.39, 0.29) is 28.8 Å². The highest BCUT2D eigenvalue weighted by atomic mass is 35.5. The van der Waals surface area contributed by atoms with E-state index in [4.69, 9.17) is 16.1 Å². The highest BCUT2D eigenvalue weighted by molar-refractivity contribution is 6.33. The van der Waals surface area contributed by atoms with Gasteiger partial charge in [-0.25, -0.2) is 4.79 Å². The number of nitrogens with zero attached hydrogens (tertiary/aromatic N) is 4. The van der Waals surface area contributed by atoms with E-state index in [1.54, 1.807) is 24.5 Å². The van der Waals surface area contributed by atoms with Crippen LogP contribution in [0.5, 0.6) is 0 Å². The Morgan fingerprint density at radius 1 is 1.35 bits per heavy atom. The van der Waals surface area contributed by atoms with Gasteiger partial charge in [-0.3, -0.25) is 15.1 Å². The number of nitro groups is 1. The maximum atomic E-state index is 11.9. The number of non-ortho nitro benzene ring substituents is 1. The van der Waals surface area contributed by atoms with Crippen LogP contribution < -0.4 is 10.6 Å². The van der Waals surface area contributed by atoms with Crippen LogP contribution in [-0.2, 0) is 6.54 Å². The van der Waals surface area contributed by atoms with Crippen molar-refractivity contribution in [3.63, 3.8) is 0 Å². The van der Waals surface area contributed by atoms with Gasteiger partial charge in [-0.05, 0) is 18.2 Å². The number of rotatable bonds is 5. The van der Waals surface area contributed by atoms with Gasteiger partial charge >= 0.3 is 6.03 Å². The fourth-order valence-electron chi connectivity index (χ4n) is 1.98. The SMILES string of the molecule is O=C(NCc1nc(-c2cccnc2)no1)Nc1ccc([N+](=O)[O-])cc1Cl. The summed E-state index contributed by atoms with van der Waals surface area (Å²) in [6.45, 7) is -0.0102. The second kappa shape index (κ2) is 7.57. The first-order valence-corrected chi connectivity index (χ1v) is 7.62. The molecule has 0 bridgehead atoms. The van der Waals surface area contributed by atoms with E-state index >= 15 is 0 Å².